The van der Waals surface area contributed by atoms with E-state index in [1.54, 1.807) is 0 Å². The smallest absolute Gasteiger partial charge is 0.00780 e. The molecule has 76 valence electrons. The van der Waals surface area contributed by atoms with Gasteiger partial charge in [0.25, 0.3) is 0 Å². The van der Waals surface area contributed by atoms with Gasteiger partial charge in [-0.15, -0.1) is 11.8 Å². The van der Waals surface area contributed by atoms with Crippen LogP contribution in [0.2, 0.25) is 0 Å². The molecule has 0 amide bonds. The molecule has 0 bridgehead atoms. The second-order valence-electron chi connectivity index (χ2n) is 3.33. The van der Waals surface area contributed by atoms with Gasteiger partial charge in [-0.25, -0.2) is 0 Å². The molecule has 0 heterocycles. The molecule has 0 spiro atoms. The molecular formula is C14H14S. The normalized spacial score (nSPS) is 10.2. The molecule has 1 heteroatoms. The molecule has 0 fully saturated rings. The van der Waals surface area contributed by atoms with Crippen molar-refractivity contribution in [3.63, 3.8) is 0 Å². The van der Waals surface area contributed by atoms with Crippen molar-refractivity contribution >= 4 is 11.8 Å². The van der Waals surface area contributed by atoms with Gasteiger partial charge in [-0.3, -0.25) is 0 Å². The quantitative estimate of drug-likeness (QED) is 0.679. The lowest BCUT2D eigenvalue weighted by atomic mass is 10.1. The highest BCUT2D eigenvalue weighted by molar-refractivity contribution is 7.99. The molecule has 2 aromatic rings. The van der Waals surface area contributed by atoms with Crippen molar-refractivity contribution in [3.05, 3.63) is 54.6 Å². The minimum Gasteiger partial charge on any atom is -0.126 e. The highest BCUT2D eigenvalue weighted by atomic mass is 32.2. The lowest BCUT2D eigenvalue weighted by molar-refractivity contribution is 1.42. The summed E-state index contributed by atoms with van der Waals surface area (Å²) in [6, 6.07) is 19.2. The Morgan fingerprint density at radius 2 is 1.60 bits per heavy atom. The van der Waals surface area contributed by atoms with Crippen molar-refractivity contribution in [2.75, 3.05) is 5.75 Å². The van der Waals surface area contributed by atoms with E-state index in [2.05, 4.69) is 55.5 Å². The highest BCUT2D eigenvalue weighted by Gasteiger charge is 1.97. The van der Waals surface area contributed by atoms with Crippen molar-refractivity contribution < 1.29 is 0 Å². The van der Waals surface area contributed by atoms with Crippen molar-refractivity contribution in [1.82, 2.24) is 0 Å². The van der Waals surface area contributed by atoms with Gasteiger partial charge in [0.05, 0.1) is 0 Å². The highest BCUT2D eigenvalue weighted by Crippen LogP contribution is 2.25. The summed E-state index contributed by atoms with van der Waals surface area (Å²) in [5.74, 6) is 1.12. The first-order valence-electron chi connectivity index (χ1n) is 5.18. The maximum absolute atomic E-state index is 2.25. The Hall–Kier alpha value is -1.21. The second-order valence-corrected chi connectivity index (χ2v) is 4.66. The first kappa shape index (κ1) is 10.3. The fourth-order valence-electron chi connectivity index (χ4n) is 1.56. The molecule has 0 aliphatic carbocycles. The maximum atomic E-state index is 2.25. The van der Waals surface area contributed by atoms with Crippen LogP contribution in [0.5, 0.6) is 0 Å². The fraction of sp³-hybridized carbons (Fsp3) is 0.143. The molecule has 2 aromatic carbocycles. The van der Waals surface area contributed by atoms with Gasteiger partial charge in [0.1, 0.15) is 0 Å². The summed E-state index contributed by atoms with van der Waals surface area (Å²) in [4.78, 5) is 1.35. The van der Waals surface area contributed by atoms with Crippen molar-refractivity contribution in [2.24, 2.45) is 0 Å². The molecule has 15 heavy (non-hydrogen) atoms. The fourth-order valence-corrected chi connectivity index (χ4v) is 2.28. The van der Waals surface area contributed by atoms with E-state index < -0.39 is 0 Å². The van der Waals surface area contributed by atoms with Gasteiger partial charge in [-0.1, -0.05) is 49.4 Å². The predicted molar refractivity (Wildman–Crippen MR) is 68.3 cm³/mol. The number of thioether (sulfide) groups is 1. The molecule has 2 rings (SSSR count). The predicted octanol–water partition coefficient (Wildman–Crippen LogP) is 4.47. The van der Waals surface area contributed by atoms with Crippen LogP contribution in [0.1, 0.15) is 6.92 Å². The van der Waals surface area contributed by atoms with E-state index in [-0.39, 0.29) is 0 Å². The summed E-state index contributed by atoms with van der Waals surface area (Å²) < 4.78 is 0. The molecule has 0 saturated heterocycles. The summed E-state index contributed by atoms with van der Waals surface area (Å²) in [6.45, 7) is 2.18. The monoisotopic (exact) mass is 214 g/mol. The Kier molecular flexibility index (Phi) is 3.46. The lowest BCUT2D eigenvalue weighted by Crippen LogP contribution is -1.78. The molecule has 0 unspecified atom stereocenters. The molecule has 0 aliphatic rings. The summed E-state index contributed by atoms with van der Waals surface area (Å²) >= 11 is 1.88. The van der Waals surface area contributed by atoms with Gasteiger partial charge in [-0.05, 0) is 29.0 Å². The minimum atomic E-state index is 1.12. The third kappa shape index (κ3) is 2.63. The first-order chi connectivity index (χ1) is 7.40. The Morgan fingerprint density at radius 3 is 2.33 bits per heavy atom. The third-order valence-corrected chi connectivity index (χ3v) is 3.13. The zero-order valence-electron chi connectivity index (χ0n) is 8.81. The number of rotatable bonds is 3. The van der Waals surface area contributed by atoms with E-state index in [1.807, 2.05) is 17.8 Å². The van der Waals surface area contributed by atoms with E-state index in [0.717, 1.165) is 5.75 Å². The Labute approximate surface area is 95.3 Å². The van der Waals surface area contributed by atoms with Crippen LogP contribution in [0.25, 0.3) is 11.1 Å². The van der Waals surface area contributed by atoms with E-state index >= 15 is 0 Å². The zero-order valence-corrected chi connectivity index (χ0v) is 9.63. The van der Waals surface area contributed by atoms with Crippen LogP contribution in [0.15, 0.2) is 59.5 Å². The minimum absolute atomic E-state index is 1.12. The molecule has 0 aliphatic heterocycles. The number of benzene rings is 2. The standard InChI is InChI=1S/C14H14S/c1-2-15-14-10-6-9-13(11-14)12-7-4-3-5-8-12/h3-11H,2H2,1H3. The van der Waals surface area contributed by atoms with Crippen molar-refractivity contribution in [1.29, 1.82) is 0 Å². The van der Waals surface area contributed by atoms with E-state index in [0.29, 0.717) is 0 Å². The van der Waals surface area contributed by atoms with Gasteiger partial charge in [-0.2, -0.15) is 0 Å². The molecule has 0 N–H and O–H groups in total. The van der Waals surface area contributed by atoms with Gasteiger partial charge < -0.3 is 0 Å². The van der Waals surface area contributed by atoms with Crippen LogP contribution in [0.3, 0.4) is 0 Å². The summed E-state index contributed by atoms with van der Waals surface area (Å²) in [5.41, 5.74) is 2.59. The van der Waals surface area contributed by atoms with Crippen molar-refractivity contribution in [2.45, 2.75) is 11.8 Å². The van der Waals surface area contributed by atoms with Crippen LogP contribution in [-0.2, 0) is 0 Å². The molecule has 0 aromatic heterocycles. The van der Waals surface area contributed by atoms with Gasteiger partial charge in [0.15, 0.2) is 0 Å². The SMILES string of the molecule is CCSc1cccc(-c2ccccc2)c1. The van der Waals surface area contributed by atoms with Gasteiger partial charge in [0, 0.05) is 4.90 Å². The topological polar surface area (TPSA) is 0 Å². The average Bonchev–Trinajstić information content (AvgIpc) is 2.31. The second kappa shape index (κ2) is 5.04. The maximum Gasteiger partial charge on any atom is 0.00780 e. The lowest BCUT2D eigenvalue weighted by Gasteiger charge is -2.03. The van der Waals surface area contributed by atoms with Crippen molar-refractivity contribution in [3.8, 4) is 11.1 Å². The number of hydrogen-bond acceptors (Lipinski definition) is 1. The Bertz CT molecular complexity index is 420. The molecule has 0 radical (unpaired) electrons. The molecule has 0 nitrogen and oxygen atoms in total. The molecular weight excluding hydrogens is 200 g/mol. The van der Waals surface area contributed by atoms with Crippen LogP contribution in [0.4, 0.5) is 0 Å². The zero-order chi connectivity index (χ0) is 10.5. The summed E-state index contributed by atoms with van der Waals surface area (Å²) in [6.07, 6.45) is 0. The molecule has 0 atom stereocenters. The molecule has 0 saturated carbocycles. The largest absolute Gasteiger partial charge is 0.126 e. The van der Waals surface area contributed by atoms with Gasteiger partial charge in [0.2, 0.25) is 0 Å². The van der Waals surface area contributed by atoms with Gasteiger partial charge >= 0.3 is 0 Å². The average molecular weight is 214 g/mol. The van der Waals surface area contributed by atoms with Crippen LogP contribution < -0.4 is 0 Å². The number of hydrogen-bond donors (Lipinski definition) is 0. The van der Waals surface area contributed by atoms with Crippen LogP contribution in [0, 0.1) is 0 Å². The summed E-state index contributed by atoms with van der Waals surface area (Å²) in [7, 11) is 0. The van der Waals surface area contributed by atoms with E-state index in [9.17, 15) is 0 Å². The van der Waals surface area contributed by atoms with E-state index in [1.165, 1.54) is 16.0 Å². The third-order valence-electron chi connectivity index (χ3n) is 2.25. The van der Waals surface area contributed by atoms with Crippen LogP contribution >= 0.6 is 11.8 Å². The van der Waals surface area contributed by atoms with E-state index in [4.69, 9.17) is 0 Å². The Morgan fingerprint density at radius 1 is 0.867 bits per heavy atom. The summed E-state index contributed by atoms with van der Waals surface area (Å²) in [5, 5.41) is 0. The Balaban J connectivity index is 2.33. The first-order valence-corrected chi connectivity index (χ1v) is 6.17. The van der Waals surface area contributed by atoms with Crippen LogP contribution in [-0.4, -0.2) is 5.75 Å².